The van der Waals surface area contributed by atoms with E-state index >= 15 is 0 Å². The van der Waals surface area contributed by atoms with Crippen molar-refractivity contribution < 1.29 is 9.53 Å². The van der Waals surface area contributed by atoms with E-state index < -0.39 is 6.04 Å². The number of methoxy groups -OCH3 is 1. The quantitative estimate of drug-likeness (QED) is 0.862. The van der Waals surface area contributed by atoms with Crippen molar-refractivity contribution in [3.05, 3.63) is 42.0 Å². The molecule has 0 saturated carbocycles. The number of carbonyl (C=O) groups is 1. The van der Waals surface area contributed by atoms with Gasteiger partial charge in [0.1, 0.15) is 11.8 Å². The molecule has 0 heterocycles. The molecule has 0 fully saturated rings. The summed E-state index contributed by atoms with van der Waals surface area (Å²) in [5.41, 5.74) is 6.36. The highest BCUT2D eigenvalue weighted by molar-refractivity contribution is 5.95. The van der Waals surface area contributed by atoms with Crippen LogP contribution in [0.2, 0.25) is 0 Å². The molecule has 2 rings (SSSR count). The summed E-state index contributed by atoms with van der Waals surface area (Å²) in [5.74, 6) is 0.413. The fourth-order valence-corrected chi connectivity index (χ4v) is 2.29. The van der Waals surface area contributed by atoms with Crippen LogP contribution in [0.5, 0.6) is 5.75 Å². The molecule has 0 spiro atoms. The Morgan fingerprint density at radius 2 is 1.95 bits per heavy atom. The van der Waals surface area contributed by atoms with Crippen LogP contribution in [0.15, 0.2) is 36.4 Å². The van der Waals surface area contributed by atoms with E-state index in [4.69, 9.17) is 10.5 Å². The second-order valence-corrected chi connectivity index (χ2v) is 4.30. The summed E-state index contributed by atoms with van der Waals surface area (Å²) in [6, 6.07) is 11.1. The molecular formula is C15H18N2O2. The number of ether oxygens (including phenoxy) is 1. The minimum Gasteiger partial charge on any atom is -0.496 e. The summed E-state index contributed by atoms with van der Waals surface area (Å²) in [4.78, 5) is 11.6. The van der Waals surface area contributed by atoms with Gasteiger partial charge in [-0.2, -0.15) is 0 Å². The standard InChI is InChI=1S/C15H18N2O2/c1-3-17-14(15(16)18)12-8-9-13(19-2)11-7-5-4-6-10(11)12/h4-9,14,17H,3H2,1-2H3,(H2,16,18). The lowest BCUT2D eigenvalue weighted by atomic mass is 9.97. The summed E-state index contributed by atoms with van der Waals surface area (Å²) in [7, 11) is 1.64. The zero-order valence-corrected chi connectivity index (χ0v) is 11.1. The number of nitrogens with one attached hydrogen (secondary N) is 1. The molecular weight excluding hydrogens is 240 g/mol. The number of primary amides is 1. The molecule has 3 N–H and O–H groups in total. The summed E-state index contributed by atoms with van der Waals surface area (Å²) in [5, 5.41) is 5.07. The van der Waals surface area contributed by atoms with Crippen molar-refractivity contribution in [2.24, 2.45) is 5.73 Å². The topological polar surface area (TPSA) is 64.3 Å². The average Bonchev–Trinajstić information content (AvgIpc) is 2.43. The summed E-state index contributed by atoms with van der Waals surface area (Å²) in [6.07, 6.45) is 0. The first kappa shape index (κ1) is 13.4. The molecule has 2 aromatic carbocycles. The monoisotopic (exact) mass is 258 g/mol. The van der Waals surface area contributed by atoms with Gasteiger partial charge >= 0.3 is 0 Å². The average molecular weight is 258 g/mol. The molecule has 19 heavy (non-hydrogen) atoms. The van der Waals surface area contributed by atoms with Gasteiger partial charge in [0.2, 0.25) is 5.91 Å². The molecule has 2 aromatic rings. The number of hydrogen-bond acceptors (Lipinski definition) is 3. The van der Waals surface area contributed by atoms with Crippen LogP contribution in [0.3, 0.4) is 0 Å². The molecule has 1 unspecified atom stereocenters. The van der Waals surface area contributed by atoms with Gasteiger partial charge in [-0.1, -0.05) is 37.3 Å². The van der Waals surface area contributed by atoms with Crippen molar-refractivity contribution in [1.82, 2.24) is 5.32 Å². The first-order valence-electron chi connectivity index (χ1n) is 6.27. The van der Waals surface area contributed by atoms with E-state index in [1.807, 2.05) is 43.3 Å². The van der Waals surface area contributed by atoms with Crippen molar-refractivity contribution in [1.29, 1.82) is 0 Å². The number of amides is 1. The molecule has 1 amide bonds. The normalized spacial score (nSPS) is 12.3. The van der Waals surface area contributed by atoms with Crippen molar-refractivity contribution in [2.75, 3.05) is 13.7 Å². The van der Waals surface area contributed by atoms with Crippen LogP contribution >= 0.6 is 0 Å². The van der Waals surface area contributed by atoms with Crippen LogP contribution in [-0.2, 0) is 4.79 Å². The molecule has 0 aromatic heterocycles. The third-order valence-corrected chi connectivity index (χ3v) is 3.14. The smallest absolute Gasteiger partial charge is 0.239 e. The van der Waals surface area contributed by atoms with E-state index in [2.05, 4.69) is 5.32 Å². The number of fused-ring (bicyclic) bond motifs is 1. The molecule has 1 atom stereocenters. The minimum absolute atomic E-state index is 0.378. The number of carbonyl (C=O) groups excluding carboxylic acids is 1. The minimum atomic E-state index is -0.485. The van der Waals surface area contributed by atoms with E-state index in [9.17, 15) is 4.79 Å². The van der Waals surface area contributed by atoms with E-state index in [-0.39, 0.29) is 5.91 Å². The van der Waals surface area contributed by atoms with Crippen LogP contribution in [-0.4, -0.2) is 19.6 Å². The van der Waals surface area contributed by atoms with Crippen molar-refractivity contribution in [2.45, 2.75) is 13.0 Å². The Balaban J connectivity index is 2.63. The Kier molecular flexibility index (Phi) is 4.02. The molecule has 0 aliphatic rings. The Morgan fingerprint density at radius 3 is 2.53 bits per heavy atom. The number of hydrogen-bond donors (Lipinski definition) is 2. The number of likely N-dealkylation sites (N-methyl/N-ethyl adjacent to an activating group) is 1. The van der Waals surface area contributed by atoms with Crippen LogP contribution in [0.1, 0.15) is 18.5 Å². The van der Waals surface area contributed by atoms with Crippen LogP contribution in [0.4, 0.5) is 0 Å². The maximum absolute atomic E-state index is 11.6. The SMILES string of the molecule is CCNC(C(N)=O)c1ccc(OC)c2ccccc12. The largest absolute Gasteiger partial charge is 0.496 e. The fourth-order valence-electron chi connectivity index (χ4n) is 2.29. The highest BCUT2D eigenvalue weighted by atomic mass is 16.5. The van der Waals surface area contributed by atoms with Gasteiger partial charge in [-0.3, -0.25) is 4.79 Å². The second kappa shape index (κ2) is 5.71. The Hall–Kier alpha value is -2.07. The van der Waals surface area contributed by atoms with Crippen molar-refractivity contribution in [3.8, 4) is 5.75 Å². The Bertz CT molecular complexity index is 596. The zero-order chi connectivity index (χ0) is 13.8. The molecule has 0 saturated heterocycles. The molecule has 0 aliphatic carbocycles. The second-order valence-electron chi connectivity index (χ2n) is 4.30. The molecule has 4 nitrogen and oxygen atoms in total. The van der Waals surface area contributed by atoms with Crippen molar-refractivity contribution in [3.63, 3.8) is 0 Å². The zero-order valence-electron chi connectivity index (χ0n) is 11.1. The van der Waals surface area contributed by atoms with Crippen LogP contribution in [0, 0.1) is 0 Å². The third-order valence-electron chi connectivity index (χ3n) is 3.14. The van der Waals surface area contributed by atoms with Gasteiger partial charge < -0.3 is 15.8 Å². The summed E-state index contributed by atoms with van der Waals surface area (Å²) >= 11 is 0. The predicted octanol–water partition coefficient (Wildman–Crippen LogP) is 1.98. The summed E-state index contributed by atoms with van der Waals surface area (Å²) < 4.78 is 5.35. The Labute approximate surface area is 112 Å². The fraction of sp³-hybridized carbons (Fsp3) is 0.267. The lowest BCUT2D eigenvalue weighted by Gasteiger charge is -2.18. The van der Waals surface area contributed by atoms with Crippen LogP contribution in [0.25, 0.3) is 10.8 Å². The first-order chi connectivity index (χ1) is 9.19. The third kappa shape index (κ3) is 2.53. The maximum atomic E-state index is 11.6. The number of benzene rings is 2. The van der Waals surface area contributed by atoms with Gasteiger partial charge in [-0.25, -0.2) is 0 Å². The lowest BCUT2D eigenvalue weighted by Crippen LogP contribution is -2.33. The lowest BCUT2D eigenvalue weighted by molar-refractivity contribution is -0.120. The number of nitrogens with two attached hydrogens (primary N) is 1. The highest BCUT2D eigenvalue weighted by Gasteiger charge is 2.19. The van der Waals surface area contributed by atoms with E-state index in [0.29, 0.717) is 6.54 Å². The molecule has 100 valence electrons. The molecule has 4 heteroatoms. The van der Waals surface area contributed by atoms with Gasteiger partial charge in [-0.15, -0.1) is 0 Å². The van der Waals surface area contributed by atoms with Gasteiger partial charge in [-0.05, 0) is 23.6 Å². The first-order valence-corrected chi connectivity index (χ1v) is 6.27. The van der Waals surface area contributed by atoms with Gasteiger partial charge in [0.25, 0.3) is 0 Å². The van der Waals surface area contributed by atoms with E-state index in [0.717, 1.165) is 22.1 Å². The molecule has 0 aliphatic heterocycles. The van der Waals surface area contributed by atoms with E-state index in [1.165, 1.54) is 0 Å². The highest BCUT2D eigenvalue weighted by Crippen LogP contribution is 2.31. The predicted molar refractivity (Wildman–Crippen MR) is 76.1 cm³/mol. The Morgan fingerprint density at radius 1 is 1.26 bits per heavy atom. The molecule has 0 bridgehead atoms. The van der Waals surface area contributed by atoms with Crippen molar-refractivity contribution >= 4 is 16.7 Å². The maximum Gasteiger partial charge on any atom is 0.239 e. The van der Waals surface area contributed by atoms with Gasteiger partial charge in [0, 0.05) is 5.39 Å². The summed E-state index contributed by atoms with van der Waals surface area (Å²) in [6.45, 7) is 2.62. The van der Waals surface area contributed by atoms with Gasteiger partial charge in [0.05, 0.1) is 7.11 Å². The van der Waals surface area contributed by atoms with E-state index in [1.54, 1.807) is 7.11 Å². The van der Waals surface area contributed by atoms with Crippen LogP contribution < -0.4 is 15.8 Å². The molecule has 0 radical (unpaired) electrons. The number of rotatable bonds is 5. The van der Waals surface area contributed by atoms with Gasteiger partial charge in [0.15, 0.2) is 0 Å².